The van der Waals surface area contributed by atoms with Crippen LogP contribution in [-0.4, -0.2) is 19.1 Å². The van der Waals surface area contributed by atoms with E-state index >= 15 is 0 Å². The number of nitrogens with two attached hydrogens (primary N) is 1. The van der Waals surface area contributed by atoms with Crippen molar-refractivity contribution in [3.63, 3.8) is 0 Å². The zero-order valence-corrected chi connectivity index (χ0v) is 13.6. The van der Waals surface area contributed by atoms with Gasteiger partial charge in [0, 0.05) is 17.1 Å². The topological polar surface area (TPSA) is 53.0 Å². The predicted molar refractivity (Wildman–Crippen MR) is 86.7 cm³/mol. The van der Waals surface area contributed by atoms with E-state index in [2.05, 4.69) is 33.8 Å². The van der Waals surface area contributed by atoms with Gasteiger partial charge in [-0.2, -0.15) is 5.26 Å². The normalized spacial score (nSPS) is 22.3. The van der Waals surface area contributed by atoms with Gasteiger partial charge in [0.25, 0.3) is 0 Å². The maximum atomic E-state index is 9.39. The van der Waals surface area contributed by atoms with Gasteiger partial charge in [0.2, 0.25) is 0 Å². The van der Waals surface area contributed by atoms with Crippen molar-refractivity contribution in [1.29, 1.82) is 5.26 Å². The molecule has 0 amide bonds. The van der Waals surface area contributed by atoms with Crippen molar-refractivity contribution in [2.45, 2.75) is 38.6 Å². The second kappa shape index (κ2) is 7.10. The Bertz CT molecular complexity index is 495. The Morgan fingerprint density at radius 2 is 2.15 bits per heavy atom. The maximum Gasteiger partial charge on any atom is 0.101 e. The maximum absolute atomic E-state index is 9.39. The Kier molecular flexibility index (Phi) is 5.45. The third-order valence-electron chi connectivity index (χ3n) is 4.30. The fourth-order valence-electron chi connectivity index (χ4n) is 3.31. The van der Waals surface area contributed by atoms with E-state index in [0.29, 0.717) is 12.0 Å². The molecule has 4 heteroatoms. The molecule has 3 nitrogen and oxygen atoms in total. The lowest BCUT2D eigenvalue weighted by Crippen LogP contribution is -2.45. The van der Waals surface area contributed by atoms with Crippen LogP contribution in [0.25, 0.3) is 0 Å². The molecule has 0 bridgehead atoms. The summed E-state index contributed by atoms with van der Waals surface area (Å²) in [5.74, 6) is 0.541. The number of rotatable bonds is 4. The van der Waals surface area contributed by atoms with E-state index in [9.17, 15) is 5.26 Å². The van der Waals surface area contributed by atoms with E-state index in [1.165, 1.54) is 25.7 Å². The molecule has 1 fully saturated rings. The van der Waals surface area contributed by atoms with Gasteiger partial charge in [-0.25, -0.2) is 0 Å². The van der Waals surface area contributed by atoms with Crippen LogP contribution in [0.3, 0.4) is 0 Å². The van der Waals surface area contributed by atoms with Crippen LogP contribution in [0.15, 0.2) is 22.7 Å². The van der Waals surface area contributed by atoms with Gasteiger partial charge in [-0.15, -0.1) is 0 Å². The van der Waals surface area contributed by atoms with Crippen molar-refractivity contribution in [3.05, 3.63) is 28.2 Å². The number of nitriles is 1. The molecule has 108 valence electrons. The van der Waals surface area contributed by atoms with Gasteiger partial charge >= 0.3 is 0 Å². The fraction of sp³-hybridized carbons (Fsp3) is 0.562. The highest BCUT2D eigenvalue weighted by Crippen LogP contribution is 2.33. The van der Waals surface area contributed by atoms with Crippen LogP contribution in [0.1, 0.15) is 38.2 Å². The highest BCUT2D eigenvalue weighted by Gasteiger charge is 2.29. The fourth-order valence-corrected chi connectivity index (χ4v) is 3.67. The Morgan fingerprint density at radius 1 is 1.40 bits per heavy atom. The summed E-state index contributed by atoms with van der Waals surface area (Å²) in [5.41, 5.74) is 7.74. The predicted octanol–water partition coefficient (Wildman–Crippen LogP) is 3.66. The minimum absolute atomic E-state index is 0.465. The van der Waals surface area contributed by atoms with Crippen molar-refractivity contribution >= 4 is 21.6 Å². The summed E-state index contributed by atoms with van der Waals surface area (Å²) in [6, 6.07) is 8.75. The molecule has 0 saturated heterocycles. The minimum atomic E-state index is 0.465. The third kappa shape index (κ3) is 3.16. The van der Waals surface area contributed by atoms with Crippen molar-refractivity contribution in [1.82, 2.24) is 0 Å². The van der Waals surface area contributed by atoms with Crippen LogP contribution in [0.5, 0.6) is 0 Å². The van der Waals surface area contributed by atoms with E-state index in [0.717, 1.165) is 28.8 Å². The Morgan fingerprint density at radius 3 is 2.80 bits per heavy atom. The molecule has 0 aromatic heterocycles. The quantitative estimate of drug-likeness (QED) is 0.913. The molecule has 2 unspecified atom stereocenters. The lowest BCUT2D eigenvalue weighted by Gasteiger charge is -2.41. The highest BCUT2D eigenvalue weighted by molar-refractivity contribution is 9.10. The summed E-state index contributed by atoms with van der Waals surface area (Å²) in [5, 5.41) is 9.39. The largest absolute Gasteiger partial charge is 0.367 e. The molecule has 1 aliphatic carbocycles. The third-order valence-corrected chi connectivity index (χ3v) is 4.79. The summed E-state index contributed by atoms with van der Waals surface area (Å²) in [6.45, 7) is 3.81. The summed E-state index contributed by atoms with van der Waals surface area (Å²) in [4.78, 5) is 2.38. The molecular formula is C16H22BrN3. The van der Waals surface area contributed by atoms with Gasteiger partial charge in [0.15, 0.2) is 0 Å². The number of nitrogens with zero attached hydrogens (tertiary/aromatic N) is 2. The van der Waals surface area contributed by atoms with Gasteiger partial charge in [-0.05, 0) is 50.4 Å². The van der Waals surface area contributed by atoms with E-state index < -0.39 is 0 Å². The van der Waals surface area contributed by atoms with Crippen molar-refractivity contribution < 1.29 is 0 Å². The summed E-state index contributed by atoms with van der Waals surface area (Å²) in [6.07, 6.45) is 4.92. The molecule has 20 heavy (non-hydrogen) atoms. The summed E-state index contributed by atoms with van der Waals surface area (Å²) < 4.78 is 0.952. The second-order valence-corrected chi connectivity index (χ2v) is 6.32. The zero-order chi connectivity index (χ0) is 14.5. The van der Waals surface area contributed by atoms with Crippen LogP contribution in [0.4, 0.5) is 5.69 Å². The number of benzene rings is 1. The number of hydrogen-bond acceptors (Lipinski definition) is 3. The van der Waals surface area contributed by atoms with Crippen LogP contribution in [0.2, 0.25) is 0 Å². The van der Waals surface area contributed by atoms with Crippen LogP contribution < -0.4 is 10.6 Å². The van der Waals surface area contributed by atoms with Crippen molar-refractivity contribution in [3.8, 4) is 6.07 Å². The molecule has 2 N–H and O–H groups in total. The van der Waals surface area contributed by atoms with Crippen LogP contribution in [-0.2, 0) is 0 Å². The second-order valence-electron chi connectivity index (χ2n) is 5.41. The molecule has 0 radical (unpaired) electrons. The molecule has 1 saturated carbocycles. The highest BCUT2D eigenvalue weighted by atomic mass is 79.9. The average molecular weight is 336 g/mol. The molecule has 0 heterocycles. The molecular weight excluding hydrogens is 314 g/mol. The molecule has 1 aromatic carbocycles. The Labute approximate surface area is 129 Å². The molecule has 1 aliphatic rings. The first-order chi connectivity index (χ1) is 9.71. The first-order valence-electron chi connectivity index (χ1n) is 7.37. The number of anilines is 1. The zero-order valence-electron chi connectivity index (χ0n) is 12.0. The van der Waals surface area contributed by atoms with E-state index in [4.69, 9.17) is 5.73 Å². The lowest BCUT2D eigenvalue weighted by atomic mass is 9.83. The van der Waals surface area contributed by atoms with E-state index in [-0.39, 0.29) is 0 Å². The lowest BCUT2D eigenvalue weighted by molar-refractivity contribution is 0.300. The van der Waals surface area contributed by atoms with Gasteiger partial charge in [-0.1, -0.05) is 28.8 Å². The minimum Gasteiger partial charge on any atom is -0.367 e. The summed E-state index contributed by atoms with van der Waals surface area (Å²) in [7, 11) is 0. The Balaban J connectivity index is 2.34. The van der Waals surface area contributed by atoms with Gasteiger partial charge in [-0.3, -0.25) is 0 Å². The molecule has 0 aliphatic heterocycles. The standard InChI is InChI=1S/C16H22BrN3/c1-2-20(15-6-4-3-5-12(15)10-18)16-8-7-14(17)9-13(16)11-19/h7-9,12,15H,2-6,10,18H2,1H3. The SMILES string of the molecule is CCN(c1ccc(Br)cc1C#N)C1CCCCC1CN. The molecule has 2 atom stereocenters. The van der Waals surface area contributed by atoms with Gasteiger partial charge in [0.05, 0.1) is 11.3 Å². The molecule has 1 aromatic rings. The van der Waals surface area contributed by atoms with Crippen LogP contribution >= 0.6 is 15.9 Å². The number of halogens is 1. The van der Waals surface area contributed by atoms with E-state index in [1.54, 1.807) is 0 Å². The van der Waals surface area contributed by atoms with Crippen LogP contribution in [0, 0.1) is 17.2 Å². The molecule has 2 rings (SSSR count). The smallest absolute Gasteiger partial charge is 0.101 e. The average Bonchev–Trinajstić information content (AvgIpc) is 2.49. The van der Waals surface area contributed by atoms with Crippen molar-refractivity contribution in [2.24, 2.45) is 11.7 Å². The summed E-state index contributed by atoms with van der Waals surface area (Å²) >= 11 is 3.44. The van der Waals surface area contributed by atoms with E-state index in [1.807, 2.05) is 18.2 Å². The van der Waals surface area contributed by atoms with Gasteiger partial charge in [0.1, 0.15) is 6.07 Å². The van der Waals surface area contributed by atoms with Gasteiger partial charge < -0.3 is 10.6 Å². The Hall–Kier alpha value is -1.05. The van der Waals surface area contributed by atoms with Crippen molar-refractivity contribution in [2.75, 3.05) is 18.0 Å². The first kappa shape index (κ1) is 15.3. The monoisotopic (exact) mass is 335 g/mol. The first-order valence-corrected chi connectivity index (χ1v) is 8.17. The molecule has 0 spiro atoms. The number of hydrogen-bond donors (Lipinski definition) is 1.